The van der Waals surface area contributed by atoms with E-state index in [1.54, 1.807) is 37.6 Å². The van der Waals surface area contributed by atoms with Gasteiger partial charge in [-0.05, 0) is 18.2 Å². The van der Waals surface area contributed by atoms with E-state index in [4.69, 9.17) is 23.2 Å². The van der Waals surface area contributed by atoms with Crippen molar-refractivity contribution in [1.82, 2.24) is 9.13 Å². The lowest BCUT2D eigenvalue weighted by Crippen LogP contribution is -2.20. The summed E-state index contributed by atoms with van der Waals surface area (Å²) in [6, 6.07) is 5.02. The second kappa shape index (κ2) is 3.76. The summed E-state index contributed by atoms with van der Waals surface area (Å²) in [5.41, 5.74) is 0.492. The molecule has 15 heavy (non-hydrogen) atoms. The molecule has 1 heterocycles. The first-order chi connectivity index (χ1) is 7.09. The molecule has 0 aliphatic rings. The molecule has 0 spiro atoms. The highest BCUT2D eigenvalue weighted by Gasteiger charge is 2.06. The first-order valence-corrected chi connectivity index (χ1v) is 5.04. The fourth-order valence-electron chi connectivity index (χ4n) is 1.32. The van der Waals surface area contributed by atoms with E-state index in [9.17, 15) is 4.79 Å². The number of benzene rings is 1. The Labute approximate surface area is 96.5 Å². The molecule has 78 valence electrons. The molecule has 0 aliphatic heterocycles. The lowest BCUT2D eigenvalue weighted by Gasteiger charge is -2.03. The van der Waals surface area contributed by atoms with Crippen LogP contribution in [0.5, 0.6) is 0 Å². The topological polar surface area (TPSA) is 26.9 Å². The number of hydrogen-bond acceptors (Lipinski definition) is 1. The van der Waals surface area contributed by atoms with Gasteiger partial charge in [0.15, 0.2) is 0 Å². The number of aromatic nitrogens is 2. The van der Waals surface area contributed by atoms with Crippen molar-refractivity contribution >= 4 is 23.2 Å². The molecule has 0 aliphatic carbocycles. The molecule has 0 saturated heterocycles. The third-order valence-electron chi connectivity index (χ3n) is 2.12. The van der Waals surface area contributed by atoms with Crippen LogP contribution < -0.4 is 5.69 Å². The van der Waals surface area contributed by atoms with Crippen molar-refractivity contribution in [3.05, 3.63) is 51.1 Å². The van der Waals surface area contributed by atoms with Crippen molar-refractivity contribution < 1.29 is 0 Å². The molecule has 0 saturated carbocycles. The summed E-state index contributed by atoms with van der Waals surface area (Å²) in [4.78, 5) is 11.6. The highest BCUT2D eigenvalue weighted by Crippen LogP contribution is 2.23. The molecule has 0 fully saturated rings. The Morgan fingerprint density at radius 1 is 1.20 bits per heavy atom. The van der Waals surface area contributed by atoms with Gasteiger partial charge in [0, 0.05) is 24.5 Å². The second-order valence-electron chi connectivity index (χ2n) is 3.16. The molecule has 2 aromatic rings. The molecule has 5 heteroatoms. The van der Waals surface area contributed by atoms with Crippen molar-refractivity contribution in [3.8, 4) is 5.69 Å². The maximum Gasteiger partial charge on any atom is 0.332 e. The van der Waals surface area contributed by atoms with Gasteiger partial charge in [-0.3, -0.25) is 4.57 Å². The van der Waals surface area contributed by atoms with Crippen LogP contribution in [0.15, 0.2) is 35.4 Å². The minimum atomic E-state index is -0.140. The van der Waals surface area contributed by atoms with E-state index in [-0.39, 0.29) is 5.69 Å². The van der Waals surface area contributed by atoms with E-state index in [0.717, 1.165) is 0 Å². The van der Waals surface area contributed by atoms with Gasteiger partial charge >= 0.3 is 5.69 Å². The lowest BCUT2D eigenvalue weighted by atomic mass is 10.3. The van der Waals surface area contributed by atoms with E-state index in [1.165, 1.54) is 9.13 Å². The number of imidazole rings is 1. The molecular formula is C10H8Cl2N2O. The quantitative estimate of drug-likeness (QED) is 0.755. The highest BCUT2D eigenvalue weighted by atomic mass is 35.5. The van der Waals surface area contributed by atoms with E-state index < -0.39 is 0 Å². The Hall–Kier alpha value is -1.19. The molecule has 0 atom stereocenters. The molecular weight excluding hydrogens is 235 g/mol. The molecule has 0 bridgehead atoms. The van der Waals surface area contributed by atoms with Gasteiger partial charge in [-0.2, -0.15) is 0 Å². The fourth-order valence-corrected chi connectivity index (χ4v) is 1.82. The number of aryl methyl sites for hydroxylation is 1. The van der Waals surface area contributed by atoms with Crippen LogP contribution >= 0.6 is 23.2 Å². The Morgan fingerprint density at radius 2 is 1.93 bits per heavy atom. The zero-order chi connectivity index (χ0) is 11.0. The van der Waals surface area contributed by atoms with Crippen molar-refractivity contribution in [2.75, 3.05) is 0 Å². The van der Waals surface area contributed by atoms with Gasteiger partial charge in [0.1, 0.15) is 0 Å². The Balaban J connectivity index is 2.64. The largest absolute Gasteiger partial charge is 0.332 e. The minimum Gasteiger partial charge on any atom is -0.302 e. The van der Waals surface area contributed by atoms with Crippen LogP contribution in [0.4, 0.5) is 0 Å². The van der Waals surface area contributed by atoms with Gasteiger partial charge in [-0.1, -0.05) is 23.2 Å². The summed E-state index contributed by atoms with van der Waals surface area (Å²) in [6.45, 7) is 0. The van der Waals surface area contributed by atoms with Gasteiger partial charge in [0.05, 0.1) is 10.7 Å². The summed E-state index contributed by atoms with van der Waals surface area (Å²) in [5.74, 6) is 0. The van der Waals surface area contributed by atoms with Gasteiger partial charge in [-0.15, -0.1) is 0 Å². The second-order valence-corrected chi connectivity index (χ2v) is 4.00. The first-order valence-electron chi connectivity index (χ1n) is 4.29. The summed E-state index contributed by atoms with van der Waals surface area (Å²) in [7, 11) is 1.68. The highest BCUT2D eigenvalue weighted by molar-refractivity contribution is 6.35. The predicted octanol–water partition coefficient (Wildman–Crippen LogP) is 2.48. The monoisotopic (exact) mass is 242 g/mol. The molecule has 0 amide bonds. The maximum absolute atomic E-state index is 11.6. The smallest absolute Gasteiger partial charge is 0.302 e. The van der Waals surface area contributed by atoms with Crippen molar-refractivity contribution in [2.45, 2.75) is 0 Å². The average Bonchev–Trinajstić information content (AvgIpc) is 2.49. The Kier molecular flexibility index (Phi) is 2.59. The number of halogens is 2. The van der Waals surface area contributed by atoms with E-state index in [1.807, 2.05) is 0 Å². The van der Waals surface area contributed by atoms with Gasteiger partial charge in [0.2, 0.25) is 0 Å². The number of nitrogens with zero attached hydrogens (tertiary/aromatic N) is 2. The van der Waals surface area contributed by atoms with E-state index in [0.29, 0.717) is 15.7 Å². The van der Waals surface area contributed by atoms with Crippen LogP contribution in [0.3, 0.4) is 0 Å². The summed E-state index contributed by atoms with van der Waals surface area (Å²) in [6.07, 6.45) is 3.34. The molecule has 0 unspecified atom stereocenters. The van der Waals surface area contributed by atoms with Gasteiger partial charge in [0.25, 0.3) is 0 Å². The van der Waals surface area contributed by atoms with Crippen LogP contribution in [0.2, 0.25) is 10.0 Å². The van der Waals surface area contributed by atoms with Crippen LogP contribution in [0.25, 0.3) is 5.69 Å². The third-order valence-corrected chi connectivity index (χ3v) is 2.65. The number of rotatable bonds is 1. The third kappa shape index (κ3) is 1.80. The van der Waals surface area contributed by atoms with Crippen LogP contribution in [-0.2, 0) is 7.05 Å². The van der Waals surface area contributed by atoms with Crippen LogP contribution in [-0.4, -0.2) is 9.13 Å². The van der Waals surface area contributed by atoms with E-state index >= 15 is 0 Å². The Bertz CT molecular complexity index is 557. The molecule has 1 aromatic heterocycles. The lowest BCUT2D eigenvalue weighted by molar-refractivity contribution is 0.824. The summed E-state index contributed by atoms with van der Waals surface area (Å²) < 4.78 is 2.95. The van der Waals surface area contributed by atoms with Crippen LogP contribution in [0.1, 0.15) is 0 Å². The molecule has 3 nitrogen and oxygen atoms in total. The summed E-state index contributed by atoms with van der Waals surface area (Å²) >= 11 is 11.8. The SMILES string of the molecule is Cn1ccn(-c2ccc(Cl)cc2Cl)c1=O. The minimum absolute atomic E-state index is 0.140. The zero-order valence-corrected chi connectivity index (χ0v) is 9.46. The van der Waals surface area contributed by atoms with Gasteiger partial charge < -0.3 is 4.57 Å². The van der Waals surface area contributed by atoms with Crippen molar-refractivity contribution in [2.24, 2.45) is 7.05 Å². The maximum atomic E-state index is 11.6. The fraction of sp³-hybridized carbons (Fsp3) is 0.100. The standard InChI is InChI=1S/C10H8Cl2N2O/c1-13-4-5-14(10(13)15)9-3-2-7(11)6-8(9)12/h2-6H,1H3. The van der Waals surface area contributed by atoms with Crippen LogP contribution in [0, 0.1) is 0 Å². The number of hydrogen-bond donors (Lipinski definition) is 0. The predicted molar refractivity (Wildman–Crippen MR) is 61.0 cm³/mol. The normalized spacial score (nSPS) is 10.6. The van der Waals surface area contributed by atoms with E-state index in [2.05, 4.69) is 0 Å². The molecule has 0 N–H and O–H groups in total. The van der Waals surface area contributed by atoms with Crippen molar-refractivity contribution in [1.29, 1.82) is 0 Å². The van der Waals surface area contributed by atoms with Crippen molar-refractivity contribution in [3.63, 3.8) is 0 Å². The zero-order valence-electron chi connectivity index (χ0n) is 7.95. The molecule has 2 rings (SSSR count). The Morgan fingerprint density at radius 3 is 2.47 bits per heavy atom. The molecule has 1 aromatic carbocycles. The molecule has 0 radical (unpaired) electrons. The summed E-state index contributed by atoms with van der Waals surface area (Å²) in [5, 5.41) is 1.00. The average molecular weight is 243 g/mol. The first kappa shape index (κ1) is 10.3. The van der Waals surface area contributed by atoms with Gasteiger partial charge in [-0.25, -0.2) is 4.79 Å².